The number of halogens is 3. The summed E-state index contributed by atoms with van der Waals surface area (Å²) in [6.07, 6.45) is -3.82. The fourth-order valence-electron chi connectivity index (χ4n) is 3.62. The number of carboxylic acid groups (broad SMARTS) is 1. The van der Waals surface area contributed by atoms with Crippen LogP contribution in [0, 0.1) is 0 Å². The molecule has 5 nitrogen and oxygen atoms in total. The lowest BCUT2D eigenvalue weighted by Crippen LogP contribution is -2.18. The van der Waals surface area contributed by atoms with Gasteiger partial charge in [0.1, 0.15) is 11.6 Å². The standard InChI is InChI=1S/C25H25F3N2O3/c1-16(17-6-10-19(11-7-17)25(26,27)28)23(24(31)32)18-8-12-21(13-9-18)33-15-14-20-4-3-5-22(29-2)30-20/h3-13,16,23H,14-15H2,1-2H3,(H,29,30)(H,31,32). The topological polar surface area (TPSA) is 71.5 Å². The molecule has 1 heterocycles. The molecule has 1 aromatic heterocycles. The number of hydrogen-bond acceptors (Lipinski definition) is 4. The van der Waals surface area contributed by atoms with Gasteiger partial charge in [-0.3, -0.25) is 4.79 Å². The molecule has 2 aromatic carbocycles. The summed E-state index contributed by atoms with van der Waals surface area (Å²) in [6, 6.07) is 17.0. The number of carboxylic acids is 1. The normalized spacial score (nSPS) is 13.2. The van der Waals surface area contributed by atoms with Gasteiger partial charge in [-0.1, -0.05) is 37.3 Å². The van der Waals surface area contributed by atoms with Gasteiger partial charge in [0.15, 0.2) is 0 Å². The molecule has 0 saturated heterocycles. The molecule has 2 N–H and O–H groups in total. The van der Waals surface area contributed by atoms with E-state index in [1.165, 1.54) is 12.1 Å². The van der Waals surface area contributed by atoms with Gasteiger partial charge in [0.25, 0.3) is 0 Å². The fourth-order valence-corrected chi connectivity index (χ4v) is 3.62. The Morgan fingerprint density at radius 1 is 1.03 bits per heavy atom. The van der Waals surface area contributed by atoms with E-state index in [1.807, 2.05) is 18.2 Å². The van der Waals surface area contributed by atoms with Crippen molar-refractivity contribution in [3.63, 3.8) is 0 Å². The number of nitrogens with zero attached hydrogens (tertiary/aromatic N) is 1. The Hall–Kier alpha value is -3.55. The van der Waals surface area contributed by atoms with E-state index in [-0.39, 0.29) is 0 Å². The van der Waals surface area contributed by atoms with Crippen LogP contribution in [0.3, 0.4) is 0 Å². The van der Waals surface area contributed by atoms with Crippen molar-refractivity contribution < 1.29 is 27.8 Å². The quantitative estimate of drug-likeness (QED) is 0.428. The van der Waals surface area contributed by atoms with Crippen LogP contribution < -0.4 is 10.1 Å². The van der Waals surface area contributed by atoms with Gasteiger partial charge in [-0.25, -0.2) is 4.98 Å². The van der Waals surface area contributed by atoms with E-state index < -0.39 is 29.5 Å². The summed E-state index contributed by atoms with van der Waals surface area (Å²) in [4.78, 5) is 16.4. The average molecular weight is 458 g/mol. The van der Waals surface area contributed by atoms with E-state index in [1.54, 1.807) is 38.2 Å². The van der Waals surface area contributed by atoms with Gasteiger partial charge in [0, 0.05) is 19.2 Å². The predicted octanol–water partition coefficient (Wildman–Crippen LogP) is 5.74. The number of carbonyl (C=O) groups is 1. The first-order chi connectivity index (χ1) is 15.7. The summed E-state index contributed by atoms with van der Waals surface area (Å²) in [5.74, 6) is -1.12. The molecular weight excluding hydrogens is 433 g/mol. The second-order valence-electron chi connectivity index (χ2n) is 7.66. The second kappa shape index (κ2) is 10.4. The molecule has 3 rings (SSSR count). The second-order valence-corrected chi connectivity index (χ2v) is 7.66. The monoisotopic (exact) mass is 458 g/mol. The highest BCUT2D eigenvalue weighted by Gasteiger charge is 2.32. The van der Waals surface area contributed by atoms with Crippen molar-refractivity contribution in [1.29, 1.82) is 0 Å². The highest BCUT2D eigenvalue weighted by Crippen LogP contribution is 2.36. The van der Waals surface area contributed by atoms with E-state index in [0.717, 1.165) is 23.6 Å². The molecule has 0 fully saturated rings. The fraction of sp³-hybridized carbons (Fsp3) is 0.280. The van der Waals surface area contributed by atoms with Gasteiger partial charge >= 0.3 is 12.1 Å². The smallest absolute Gasteiger partial charge is 0.416 e. The van der Waals surface area contributed by atoms with Crippen LogP contribution in [-0.4, -0.2) is 29.7 Å². The lowest BCUT2D eigenvalue weighted by atomic mass is 9.82. The molecular formula is C25H25F3N2O3. The minimum absolute atomic E-state index is 0.407. The lowest BCUT2D eigenvalue weighted by Gasteiger charge is -2.22. The van der Waals surface area contributed by atoms with E-state index in [4.69, 9.17) is 4.74 Å². The van der Waals surface area contributed by atoms with Crippen molar-refractivity contribution in [2.75, 3.05) is 19.0 Å². The van der Waals surface area contributed by atoms with Crippen molar-refractivity contribution >= 4 is 11.8 Å². The number of anilines is 1. The van der Waals surface area contributed by atoms with Crippen molar-refractivity contribution in [3.8, 4) is 5.75 Å². The number of ether oxygens (including phenoxy) is 1. The zero-order chi connectivity index (χ0) is 24.0. The number of alkyl halides is 3. The molecule has 0 radical (unpaired) electrons. The number of aromatic nitrogens is 1. The summed E-state index contributed by atoms with van der Waals surface area (Å²) in [6.45, 7) is 2.10. The van der Waals surface area contributed by atoms with Crippen LogP contribution >= 0.6 is 0 Å². The molecule has 2 atom stereocenters. The number of aliphatic carboxylic acids is 1. The lowest BCUT2D eigenvalue weighted by molar-refractivity contribution is -0.139. The van der Waals surface area contributed by atoms with Gasteiger partial charge in [-0.15, -0.1) is 0 Å². The molecule has 8 heteroatoms. The largest absolute Gasteiger partial charge is 0.493 e. The minimum Gasteiger partial charge on any atom is -0.493 e. The molecule has 0 aliphatic heterocycles. The van der Waals surface area contributed by atoms with Crippen molar-refractivity contribution in [2.45, 2.75) is 31.4 Å². The molecule has 0 saturated carbocycles. The van der Waals surface area contributed by atoms with Crippen LogP contribution in [0.2, 0.25) is 0 Å². The van der Waals surface area contributed by atoms with E-state index in [2.05, 4.69) is 10.3 Å². The van der Waals surface area contributed by atoms with Crippen LogP contribution in [0.25, 0.3) is 0 Å². The Bertz CT molecular complexity index is 1070. The van der Waals surface area contributed by atoms with E-state index in [0.29, 0.717) is 29.9 Å². The molecule has 174 valence electrons. The Morgan fingerprint density at radius 2 is 1.67 bits per heavy atom. The Labute approximate surface area is 190 Å². The third-order valence-electron chi connectivity index (χ3n) is 5.46. The van der Waals surface area contributed by atoms with Gasteiger partial charge in [0.05, 0.1) is 18.1 Å². The van der Waals surface area contributed by atoms with Crippen molar-refractivity contribution in [3.05, 3.63) is 89.1 Å². The summed E-state index contributed by atoms with van der Waals surface area (Å²) in [7, 11) is 1.80. The molecule has 0 spiro atoms. The molecule has 0 bridgehead atoms. The third-order valence-corrected chi connectivity index (χ3v) is 5.46. The summed E-state index contributed by atoms with van der Waals surface area (Å²) in [5.41, 5.74) is 1.19. The summed E-state index contributed by atoms with van der Waals surface area (Å²) < 4.78 is 44.2. The van der Waals surface area contributed by atoms with Gasteiger partial charge < -0.3 is 15.2 Å². The van der Waals surface area contributed by atoms with Crippen LogP contribution in [-0.2, 0) is 17.4 Å². The van der Waals surface area contributed by atoms with Crippen LogP contribution in [0.15, 0.2) is 66.7 Å². The summed E-state index contributed by atoms with van der Waals surface area (Å²) >= 11 is 0. The SMILES string of the molecule is CNc1cccc(CCOc2ccc(C(C(=O)O)C(C)c3ccc(C(F)(F)F)cc3)cc2)n1. The molecule has 0 amide bonds. The summed E-state index contributed by atoms with van der Waals surface area (Å²) in [5, 5.41) is 12.8. The van der Waals surface area contributed by atoms with Gasteiger partial charge in [-0.2, -0.15) is 13.2 Å². The first-order valence-electron chi connectivity index (χ1n) is 10.5. The number of benzene rings is 2. The number of pyridine rings is 1. The van der Waals surface area contributed by atoms with Gasteiger partial charge in [0.2, 0.25) is 0 Å². The number of hydrogen-bond donors (Lipinski definition) is 2. The maximum Gasteiger partial charge on any atom is 0.416 e. The highest BCUT2D eigenvalue weighted by atomic mass is 19.4. The highest BCUT2D eigenvalue weighted by molar-refractivity contribution is 5.77. The number of nitrogens with one attached hydrogen (secondary N) is 1. The van der Waals surface area contributed by atoms with E-state index >= 15 is 0 Å². The number of rotatable bonds is 9. The maximum atomic E-state index is 12.8. The minimum atomic E-state index is -4.43. The molecule has 2 unspecified atom stereocenters. The van der Waals surface area contributed by atoms with Crippen LogP contribution in [0.5, 0.6) is 5.75 Å². The van der Waals surface area contributed by atoms with Crippen LogP contribution in [0.1, 0.15) is 41.1 Å². The Balaban J connectivity index is 1.66. The molecule has 33 heavy (non-hydrogen) atoms. The maximum absolute atomic E-state index is 12.8. The molecule has 0 aliphatic rings. The zero-order valence-electron chi connectivity index (χ0n) is 18.3. The van der Waals surface area contributed by atoms with Crippen LogP contribution in [0.4, 0.5) is 19.0 Å². The average Bonchev–Trinajstić information content (AvgIpc) is 2.79. The molecule has 0 aliphatic carbocycles. The van der Waals surface area contributed by atoms with E-state index in [9.17, 15) is 23.1 Å². The van der Waals surface area contributed by atoms with Crippen molar-refractivity contribution in [1.82, 2.24) is 4.98 Å². The predicted molar refractivity (Wildman–Crippen MR) is 120 cm³/mol. The first kappa shape index (κ1) is 24.1. The van der Waals surface area contributed by atoms with Crippen molar-refractivity contribution in [2.24, 2.45) is 0 Å². The third kappa shape index (κ3) is 6.25. The zero-order valence-corrected chi connectivity index (χ0v) is 18.3. The first-order valence-corrected chi connectivity index (χ1v) is 10.5. The Morgan fingerprint density at radius 3 is 2.24 bits per heavy atom. The Kier molecular flexibility index (Phi) is 7.58. The molecule has 3 aromatic rings. The van der Waals surface area contributed by atoms with Gasteiger partial charge in [-0.05, 0) is 53.4 Å².